The van der Waals surface area contributed by atoms with Crippen LogP contribution in [-0.2, 0) is 20.7 Å². The van der Waals surface area contributed by atoms with Crippen LogP contribution in [0, 0.1) is 10.1 Å². The lowest BCUT2D eigenvalue weighted by molar-refractivity contribution is -0.385. The number of nitro benzene ring substituents is 1. The average molecular weight is 343 g/mol. The van der Waals surface area contributed by atoms with Crippen LogP contribution in [0.15, 0.2) is 48.5 Å². The zero-order valence-corrected chi connectivity index (χ0v) is 13.8. The maximum Gasteiger partial charge on any atom is 0.338 e. The number of para-hydroxylation sites is 1. The van der Waals surface area contributed by atoms with Crippen LogP contribution < -0.4 is 0 Å². The SMILES string of the molecule is COC(=O)c1ccccc1CC(C(=O)OC)c1ccccc1[N+](=O)[O-]. The van der Waals surface area contributed by atoms with Crippen LogP contribution in [0.2, 0.25) is 0 Å². The van der Waals surface area contributed by atoms with Gasteiger partial charge in [0.05, 0.1) is 30.6 Å². The van der Waals surface area contributed by atoms with Gasteiger partial charge in [0, 0.05) is 11.6 Å². The number of hydrogen-bond donors (Lipinski definition) is 0. The fourth-order valence-corrected chi connectivity index (χ4v) is 2.64. The zero-order chi connectivity index (χ0) is 18.4. The second kappa shape index (κ2) is 8.05. The molecule has 0 saturated carbocycles. The van der Waals surface area contributed by atoms with Gasteiger partial charge < -0.3 is 9.47 Å². The van der Waals surface area contributed by atoms with Crippen LogP contribution >= 0.6 is 0 Å². The summed E-state index contributed by atoms with van der Waals surface area (Å²) in [6.45, 7) is 0. The summed E-state index contributed by atoms with van der Waals surface area (Å²) in [6.07, 6.45) is 0.0722. The number of ether oxygens (including phenoxy) is 2. The Bertz CT molecular complexity index is 802. The molecule has 0 radical (unpaired) electrons. The lowest BCUT2D eigenvalue weighted by Crippen LogP contribution is -2.19. The van der Waals surface area contributed by atoms with Gasteiger partial charge in [-0.15, -0.1) is 0 Å². The number of hydrogen-bond acceptors (Lipinski definition) is 6. The van der Waals surface area contributed by atoms with E-state index in [0.717, 1.165) is 0 Å². The molecule has 0 amide bonds. The van der Waals surface area contributed by atoms with Crippen molar-refractivity contribution >= 4 is 17.6 Å². The third-order valence-electron chi connectivity index (χ3n) is 3.84. The summed E-state index contributed by atoms with van der Waals surface area (Å²) < 4.78 is 9.57. The molecule has 25 heavy (non-hydrogen) atoms. The fourth-order valence-electron chi connectivity index (χ4n) is 2.64. The third kappa shape index (κ3) is 4.00. The van der Waals surface area contributed by atoms with E-state index >= 15 is 0 Å². The molecular weight excluding hydrogens is 326 g/mol. The molecule has 1 atom stereocenters. The Balaban J connectivity index is 2.50. The van der Waals surface area contributed by atoms with E-state index in [2.05, 4.69) is 0 Å². The van der Waals surface area contributed by atoms with Crippen molar-refractivity contribution in [3.05, 3.63) is 75.3 Å². The molecule has 2 aromatic carbocycles. The Morgan fingerprint density at radius 2 is 1.68 bits per heavy atom. The number of carbonyl (C=O) groups is 2. The van der Waals surface area contributed by atoms with Gasteiger partial charge in [0.2, 0.25) is 0 Å². The van der Waals surface area contributed by atoms with E-state index in [0.29, 0.717) is 11.1 Å². The molecule has 0 saturated heterocycles. The molecule has 0 aromatic heterocycles. The molecule has 0 heterocycles. The Morgan fingerprint density at radius 3 is 2.32 bits per heavy atom. The lowest BCUT2D eigenvalue weighted by Gasteiger charge is -2.17. The van der Waals surface area contributed by atoms with Gasteiger partial charge in [-0.1, -0.05) is 36.4 Å². The first-order valence-electron chi connectivity index (χ1n) is 7.47. The van der Waals surface area contributed by atoms with E-state index in [9.17, 15) is 19.7 Å². The van der Waals surface area contributed by atoms with Crippen molar-refractivity contribution < 1.29 is 24.0 Å². The molecule has 0 N–H and O–H groups in total. The van der Waals surface area contributed by atoms with Crippen LogP contribution in [0.25, 0.3) is 0 Å². The summed E-state index contributed by atoms with van der Waals surface area (Å²) in [5.74, 6) is -2.08. The van der Waals surface area contributed by atoms with E-state index < -0.39 is 22.8 Å². The van der Waals surface area contributed by atoms with Crippen LogP contribution in [0.5, 0.6) is 0 Å². The summed E-state index contributed by atoms with van der Waals surface area (Å²) in [6, 6.07) is 12.6. The minimum atomic E-state index is -0.919. The highest BCUT2D eigenvalue weighted by Gasteiger charge is 2.30. The highest BCUT2D eigenvalue weighted by molar-refractivity contribution is 5.91. The van der Waals surface area contributed by atoms with Crippen molar-refractivity contribution in [3.63, 3.8) is 0 Å². The average Bonchev–Trinajstić information content (AvgIpc) is 2.65. The van der Waals surface area contributed by atoms with E-state index in [-0.39, 0.29) is 17.7 Å². The third-order valence-corrected chi connectivity index (χ3v) is 3.84. The number of nitro groups is 1. The first kappa shape index (κ1) is 18.1. The Labute approximate surface area is 144 Å². The number of benzene rings is 2. The molecule has 7 nitrogen and oxygen atoms in total. The molecule has 7 heteroatoms. The van der Waals surface area contributed by atoms with E-state index in [1.807, 2.05) is 0 Å². The van der Waals surface area contributed by atoms with E-state index in [1.165, 1.54) is 32.4 Å². The smallest absolute Gasteiger partial charge is 0.338 e. The van der Waals surface area contributed by atoms with Crippen molar-refractivity contribution in [2.24, 2.45) is 0 Å². The van der Waals surface area contributed by atoms with Gasteiger partial charge in [0.15, 0.2) is 0 Å². The lowest BCUT2D eigenvalue weighted by atomic mass is 9.89. The van der Waals surface area contributed by atoms with Gasteiger partial charge in [-0.25, -0.2) is 4.79 Å². The standard InChI is InChI=1S/C18H17NO6/c1-24-17(20)13-8-4-3-7-12(13)11-15(18(21)25-2)14-9-5-6-10-16(14)19(22)23/h3-10,15H,11H2,1-2H3. The minimum Gasteiger partial charge on any atom is -0.469 e. The summed E-state index contributed by atoms with van der Waals surface area (Å²) in [5.41, 5.74) is 0.910. The summed E-state index contributed by atoms with van der Waals surface area (Å²) in [5, 5.41) is 11.3. The maximum absolute atomic E-state index is 12.3. The van der Waals surface area contributed by atoms with Gasteiger partial charge in [-0.05, 0) is 18.1 Å². The quantitative estimate of drug-likeness (QED) is 0.454. The van der Waals surface area contributed by atoms with Gasteiger partial charge in [0.1, 0.15) is 0 Å². The molecule has 0 spiro atoms. The van der Waals surface area contributed by atoms with Gasteiger partial charge in [-0.3, -0.25) is 14.9 Å². The Morgan fingerprint density at radius 1 is 1.04 bits per heavy atom. The molecule has 0 aliphatic heterocycles. The molecule has 2 rings (SSSR count). The first-order chi connectivity index (χ1) is 12.0. The van der Waals surface area contributed by atoms with Crippen molar-refractivity contribution in [2.75, 3.05) is 14.2 Å². The number of methoxy groups -OCH3 is 2. The normalized spacial score (nSPS) is 11.4. The van der Waals surface area contributed by atoms with Crippen molar-refractivity contribution in [2.45, 2.75) is 12.3 Å². The van der Waals surface area contributed by atoms with Crippen molar-refractivity contribution in [3.8, 4) is 0 Å². The minimum absolute atomic E-state index is 0.0722. The number of carbonyl (C=O) groups excluding carboxylic acids is 2. The first-order valence-corrected chi connectivity index (χ1v) is 7.47. The van der Waals surface area contributed by atoms with Crippen LogP contribution in [0.1, 0.15) is 27.4 Å². The number of rotatable bonds is 6. The van der Waals surface area contributed by atoms with Crippen LogP contribution in [0.3, 0.4) is 0 Å². The molecular formula is C18H17NO6. The molecule has 2 aromatic rings. The maximum atomic E-state index is 12.3. The highest BCUT2D eigenvalue weighted by atomic mass is 16.6. The van der Waals surface area contributed by atoms with Gasteiger partial charge in [0.25, 0.3) is 5.69 Å². The van der Waals surface area contributed by atoms with E-state index in [1.54, 1.807) is 30.3 Å². The Hall–Kier alpha value is -3.22. The molecule has 130 valence electrons. The monoisotopic (exact) mass is 343 g/mol. The largest absolute Gasteiger partial charge is 0.469 e. The fraction of sp³-hybridized carbons (Fsp3) is 0.222. The highest BCUT2D eigenvalue weighted by Crippen LogP contribution is 2.31. The predicted molar refractivity (Wildman–Crippen MR) is 89.3 cm³/mol. The molecule has 1 unspecified atom stereocenters. The Kier molecular flexibility index (Phi) is 5.84. The van der Waals surface area contributed by atoms with Crippen LogP contribution in [0.4, 0.5) is 5.69 Å². The summed E-state index contributed by atoms with van der Waals surface area (Å²) in [4.78, 5) is 34.9. The molecule has 0 bridgehead atoms. The predicted octanol–water partition coefficient (Wildman–Crippen LogP) is 2.88. The summed E-state index contributed by atoms with van der Waals surface area (Å²) in [7, 11) is 2.48. The van der Waals surface area contributed by atoms with E-state index in [4.69, 9.17) is 9.47 Å². The number of esters is 2. The van der Waals surface area contributed by atoms with Gasteiger partial charge in [-0.2, -0.15) is 0 Å². The van der Waals surface area contributed by atoms with Gasteiger partial charge >= 0.3 is 11.9 Å². The van der Waals surface area contributed by atoms with Crippen molar-refractivity contribution in [1.82, 2.24) is 0 Å². The zero-order valence-electron chi connectivity index (χ0n) is 13.8. The molecule has 0 fully saturated rings. The second-order valence-electron chi connectivity index (χ2n) is 5.24. The molecule has 0 aliphatic carbocycles. The summed E-state index contributed by atoms with van der Waals surface area (Å²) >= 11 is 0. The molecule has 0 aliphatic rings. The number of nitrogens with zero attached hydrogens (tertiary/aromatic N) is 1. The van der Waals surface area contributed by atoms with Crippen LogP contribution in [-0.4, -0.2) is 31.1 Å². The topological polar surface area (TPSA) is 95.7 Å². The second-order valence-corrected chi connectivity index (χ2v) is 5.24. The van der Waals surface area contributed by atoms with Crippen molar-refractivity contribution in [1.29, 1.82) is 0 Å².